The van der Waals surface area contributed by atoms with Crippen molar-refractivity contribution in [3.63, 3.8) is 0 Å². The maximum atomic E-state index is 11.0. The molecule has 1 heterocycles. The van der Waals surface area contributed by atoms with E-state index in [-0.39, 0.29) is 17.3 Å². The summed E-state index contributed by atoms with van der Waals surface area (Å²) in [4.78, 5) is 14.5. The van der Waals surface area contributed by atoms with Gasteiger partial charge in [-0.05, 0) is 32.6 Å². The topological polar surface area (TPSA) is 93.6 Å². The molecule has 1 saturated heterocycles. The second-order valence-corrected chi connectivity index (χ2v) is 5.53. The third-order valence-electron chi connectivity index (χ3n) is 3.60. The summed E-state index contributed by atoms with van der Waals surface area (Å²) in [5.74, 6) is 0. The van der Waals surface area contributed by atoms with Crippen molar-refractivity contribution in [2.45, 2.75) is 18.6 Å². The van der Waals surface area contributed by atoms with Gasteiger partial charge in [-0.1, -0.05) is 0 Å². The first-order valence-corrected chi connectivity index (χ1v) is 6.70. The first kappa shape index (κ1) is 15.2. The number of β-amino-alcohol motifs (C(OH)–C–C–N with tert-alkyl or cyclic N) is 1. The smallest absolute Gasteiger partial charge is 0.289 e. The summed E-state index contributed by atoms with van der Waals surface area (Å²) >= 11 is 0. The predicted molar refractivity (Wildman–Crippen MR) is 78.1 cm³/mol. The van der Waals surface area contributed by atoms with Crippen LogP contribution in [0.3, 0.4) is 0 Å². The highest BCUT2D eigenvalue weighted by molar-refractivity contribution is 5.61. The molecule has 0 aliphatic carbocycles. The van der Waals surface area contributed by atoms with Gasteiger partial charge in [-0.25, -0.2) is 0 Å². The van der Waals surface area contributed by atoms with Gasteiger partial charge in [0.1, 0.15) is 11.6 Å². The van der Waals surface area contributed by atoms with Crippen LogP contribution >= 0.6 is 0 Å². The third kappa shape index (κ3) is 3.29. The number of anilines is 1. The molecule has 7 heteroatoms. The molecule has 1 N–H and O–H groups in total. The van der Waals surface area contributed by atoms with Crippen LogP contribution in [0.2, 0.25) is 0 Å². The Morgan fingerprint density at radius 3 is 2.86 bits per heavy atom. The summed E-state index contributed by atoms with van der Waals surface area (Å²) in [6.45, 7) is 1.20. The molecule has 0 bridgehead atoms. The molecule has 2 unspecified atom stereocenters. The molecule has 0 aromatic heterocycles. The second-order valence-electron chi connectivity index (χ2n) is 5.53. The van der Waals surface area contributed by atoms with Gasteiger partial charge in [-0.3, -0.25) is 10.1 Å². The molecule has 112 valence electrons. The van der Waals surface area contributed by atoms with E-state index in [4.69, 9.17) is 5.26 Å². The number of nitriles is 1. The summed E-state index contributed by atoms with van der Waals surface area (Å²) in [6.07, 6.45) is 0.191. The van der Waals surface area contributed by atoms with E-state index in [0.717, 1.165) is 6.54 Å². The summed E-state index contributed by atoms with van der Waals surface area (Å²) < 4.78 is 0. The Morgan fingerprint density at radius 1 is 1.57 bits per heavy atom. The van der Waals surface area contributed by atoms with Crippen molar-refractivity contribution in [2.24, 2.45) is 0 Å². The monoisotopic (exact) mass is 290 g/mol. The Kier molecular flexibility index (Phi) is 4.40. The summed E-state index contributed by atoms with van der Waals surface area (Å²) in [5.41, 5.74) is 0.525. The molecule has 1 aromatic carbocycles. The van der Waals surface area contributed by atoms with Crippen LogP contribution in [-0.2, 0) is 0 Å². The number of rotatable bonds is 4. The third-order valence-corrected chi connectivity index (χ3v) is 3.60. The molecule has 1 aromatic rings. The zero-order valence-corrected chi connectivity index (χ0v) is 12.1. The molecule has 0 saturated carbocycles. The van der Waals surface area contributed by atoms with Gasteiger partial charge in [0.25, 0.3) is 5.69 Å². The van der Waals surface area contributed by atoms with Gasteiger partial charge in [0, 0.05) is 30.9 Å². The van der Waals surface area contributed by atoms with Gasteiger partial charge in [-0.2, -0.15) is 5.26 Å². The maximum absolute atomic E-state index is 11.0. The lowest BCUT2D eigenvalue weighted by Crippen LogP contribution is -2.37. The second kappa shape index (κ2) is 6.08. The molecule has 0 radical (unpaired) electrons. The molecule has 0 spiro atoms. The van der Waals surface area contributed by atoms with Crippen LogP contribution in [0.25, 0.3) is 0 Å². The molecule has 0 amide bonds. The van der Waals surface area contributed by atoms with E-state index < -0.39 is 11.0 Å². The number of hydrogen-bond acceptors (Lipinski definition) is 6. The Bertz CT molecular complexity index is 582. The van der Waals surface area contributed by atoms with Crippen molar-refractivity contribution in [3.05, 3.63) is 33.9 Å². The van der Waals surface area contributed by atoms with E-state index in [2.05, 4.69) is 0 Å². The summed E-state index contributed by atoms with van der Waals surface area (Å²) in [5, 5.41) is 29.8. The molecule has 7 nitrogen and oxygen atoms in total. The van der Waals surface area contributed by atoms with E-state index in [1.165, 1.54) is 12.1 Å². The highest BCUT2D eigenvalue weighted by Gasteiger charge is 2.32. The highest BCUT2D eigenvalue weighted by Crippen LogP contribution is 2.30. The number of nitro benzene ring substituents is 1. The van der Waals surface area contributed by atoms with Crippen molar-refractivity contribution in [1.82, 2.24) is 4.90 Å². The van der Waals surface area contributed by atoms with Gasteiger partial charge in [0.2, 0.25) is 0 Å². The minimum atomic E-state index is -0.546. The first-order chi connectivity index (χ1) is 9.92. The average molecular weight is 290 g/mol. The molecular weight excluding hydrogens is 272 g/mol. The minimum Gasteiger partial charge on any atom is -0.391 e. The predicted octanol–water partition coefficient (Wildman–Crippen LogP) is 0.968. The van der Waals surface area contributed by atoms with Crippen molar-refractivity contribution in [3.8, 4) is 6.07 Å². The molecule has 1 aliphatic rings. The fourth-order valence-electron chi connectivity index (χ4n) is 2.75. The molecule has 21 heavy (non-hydrogen) atoms. The van der Waals surface area contributed by atoms with Crippen LogP contribution in [0, 0.1) is 21.4 Å². The van der Waals surface area contributed by atoms with Crippen LogP contribution in [0.4, 0.5) is 11.4 Å². The number of nitrogens with zero attached hydrogens (tertiary/aromatic N) is 4. The summed E-state index contributed by atoms with van der Waals surface area (Å²) in [6, 6.07) is 6.51. The van der Waals surface area contributed by atoms with E-state index in [9.17, 15) is 15.2 Å². The Labute approximate surface area is 123 Å². The normalized spacial score (nSPS) is 21.6. The van der Waals surface area contributed by atoms with E-state index in [1.54, 1.807) is 6.07 Å². The van der Waals surface area contributed by atoms with Crippen molar-refractivity contribution in [1.29, 1.82) is 5.26 Å². The van der Waals surface area contributed by atoms with Crippen molar-refractivity contribution < 1.29 is 10.0 Å². The van der Waals surface area contributed by atoms with Crippen molar-refractivity contribution in [2.75, 3.05) is 32.1 Å². The summed E-state index contributed by atoms with van der Waals surface area (Å²) in [7, 11) is 3.90. The number of aliphatic hydroxyl groups is 1. The van der Waals surface area contributed by atoms with Crippen LogP contribution in [-0.4, -0.2) is 54.3 Å². The first-order valence-electron chi connectivity index (χ1n) is 6.70. The quantitative estimate of drug-likeness (QED) is 0.656. The molecule has 1 aliphatic heterocycles. The van der Waals surface area contributed by atoms with E-state index in [1.807, 2.05) is 30.0 Å². The molecular formula is C14H18N4O3. The van der Waals surface area contributed by atoms with E-state index in [0.29, 0.717) is 18.7 Å². The Hall–Kier alpha value is -2.17. The molecule has 1 fully saturated rings. The molecule has 2 atom stereocenters. The van der Waals surface area contributed by atoms with E-state index >= 15 is 0 Å². The van der Waals surface area contributed by atoms with Crippen LogP contribution in [0.1, 0.15) is 12.0 Å². The molecule has 2 rings (SSSR count). The number of likely N-dealkylation sites (N-methyl/N-ethyl adjacent to an activating group) is 1. The van der Waals surface area contributed by atoms with Gasteiger partial charge < -0.3 is 14.9 Å². The Balaban J connectivity index is 2.34. The van der Waals surface area contributed by atoms with Crippen LogP contribution in [0.15, 0.2) is 18.2 Å². The maximum Gasteiger partial charge on any atom is 0.289 e. The number of hydrogen-bond donors (Lipinski definition) is 1. The largest absolute Gasteiger partial charge is 0.391 e. The van der Waals surface area contributed by atoms with Crippen molar-refractivity contribution >= 4 is 11.4 Å². The Morgan fingerprint density at radius 2 is 2.29 bits per heavy atom. The highest BCUT2D eigenvalue weighted by atomic mass is 16.6. The lowest BCUT2D eigenvalue weighted by atomic mass is 10.1. The average Bonchev–Trinajstić information content (AvgIpc) is 2.77. The zero-order chi connectivity index (χ0) is 15.6. The lowest BCUT2D eigenvalue weighted by Gasteiger charge is -2.28. The number of aliphatic hydroxyl groups excluding tert-OH is 1. The lowest BCUT2D eigenvalue weighted by molar-refractivity contribution is -0.385. The standard InChI is InChI=1S/C14H18N4O3/c1-16(2)8-12-5-13(19)9-17(12)11-4-3-10(7-15)14(6-11)18(20)21/h3-4,6,12-13,19H,5,8-9H2,1-2H3. The fraction of sp³-hybridized carbons (Fsp3) is 0.500. The minimum absolute atomic E-state index is 0.0488. The zero-order valence-electron chi connectivity index (χ0n) is 12.1. The van der Waals surface area contributed by atoms with Gasteiger partial charge in [-0.15, -0.1) is 0 Å². The van der Waals surface area contributed by atoms with Crippen LogP contribution in [0.5, 0.6) is 0 Å². The fourth-order valence-corrected chi connectivity index (χ4v) is 2.75. The number of benzene rings is 1. The van der Waals surface area contributed by atoms with Gasteiger partial charge >= 0.3 is 0 Å². The van der Waals surface area contributed by atoms with Gasteiger partial charge in [0.15, 0.2) is 0 Å². The van der Waals surface area contributed by atoms with Gasteiger partial charge in [0.05, 0.1) is 11.0 Å². The van der Waals surface area contributed by atoms with Crippen LogP contribution < -0.4 is 4.90 Å². The SMILES string of the molecule is CN(C)CC1CC(O)CN1c1ccc(C#N)c([N+](=O)[O-])c1. The number of nitro groups is 1.